The van der Waals surface area contributed by atoms with Crippen LogP contribution in [0.3, 0.4) is 0 Å². The van der Waals surface area contributed by atoms with Crippen molar-refractivity contribution in [3.8, 4) is 0 Å². The van der Waals surface area contributed by atoms with Crippen molar-refractivity contribution in [2.24, 2.45) is 0 Å². The number of halogens is 2. The number of hydrogen-bond acceptors (Lipinski definition) is 22. The van der Waals surface area contributed by atoms with Gasteiger partial charge in [0, 0.05) is 99.1 Å². The highest BCUT2D eigenvalue weighted by Gasteiger charge is 2.24. The molecular formula is C54H92ClFN8O16S2. The summed E-state index contributed by atoms with van der Waals surface area (Å²) in [4.78, 5) is 60.9. The van der Waals surface area contributed by atoms with Crippen LogP contribution in [0.15, 0.2) is 73.8 Å². The van der Waals surface area contributed by atoms with E-state index < -0.39 is 66.1 Å². The summed E-state index contributed by atoms with van der Waals surface area (Å²) in [5, 5.41) is 22.7. The van der Waals surface area contributed by atoms with Gasteiger partial charge in [0.05, 0.1) is 37.2 Å². The van der Waals surface area contributed by atoms with Crippen molar-refractivity contribution in [1.29, 1.82) is 0 Å². The zero-order valence-electron chi connectivity index (χ0n) is 49.4. The lowest BCUT2D eigenvalue weighted by Gasteiger charge is -2.20. The average molecular weight is 1230 g/mol. The van der Waals surface area contributed by atoms with Gasteiger partial charge >= 0.3 is 24.5 Å². The van der Waals surface area contributed by atoms with Crippen molar-refractivity contribution in [3.05, 3.63) is 96.1 Å². The zero-order chi connectivity index (χ0) is 63.3. The molecule has 0 saturated heterocycles. The summed E-state index contributed by atoms with van der Waals surface area (Å²) in [5.74, 6) is 0. The summed E-state index contributed by atoms with van der Waals surface area (Å²) >= 11 is 0. The molecule has 4 rings (SSSR count). The van der Waals surface area contributed by atoms with E-state index in [2.05, 4.69) is 50.2 Å². The van der Waals surface area contributed by atoms with Crippen LogP contribution in [-0.2, 0) is 72.7 Å². The number of anilines is 4. The van der Waals surface area contributed by atoms with E-state index >= 15 is 0 Å². The normalized spacial score (nSPS) is 10.8. The molecule has 4 heterocycles. The minimum Gasteiger partial charge on any atom is -0.444 e. The molecule has 28 heteroatoms. The van der Waals surface area contributed by atoms with Crippen LogP contribution >= 0.6 is 10.7 Å². The predicted molar refractivity (Wildman–Crippen MR) is 320 cm³/mol. The highest BCUT2D eigenvalue weighted by molar-refractivity contribution is 8.13. The SMILES string of the molecule is C.C.CC(C)(C)OC(=O)Nc1ccncc1CCO.CC(C)(C)OC(=O)Nc1ccncc1CCOS(C)(=O)=O.CC(C)(C)OC(=O)OC(=O)OC(C)(C)C.CS(=O)(=O)Cl.Nc1ccncc1CCO.Nc1ccncc1CC[18F].[2H]CC. The minimum atomic E-state index is -3.49. The average Bonchev–Trinajstić information content (AvgIpc) is 3.27. The number of nitrogens with zero attached hydrogens (tertiary/aromatic N) is 4. The van der Waals surface area contributed by atoms with Crippen molar-refractivity contribution < 1.29 is 79.9 Å². The fourth-order valence-electron chi connectivity index (χ4n) is 4.87. The molecule has 0 spiro atoms. The molecule has 0 saturated carbocycles. The van der Waals surface area contributed by atoms with Gasteiger partial charge in [0.1, 0.15) is 22.4 Å². The molecule has 0 fully saturated rings. The van der Waals surface area contributed by atoms with Crippen LogP contribution in [0.4, 0.5) is 46.3 Å². The number of nitrogen functional groups attached to an aromatic ring is 2. The van der Waals surface area contributed by atoms with Gasteiger partial charge in [-0.2, -0.15) is 8.42 Å². The topological polar surface area (TPSA) is 360 Å². The number of carbonyl (C=O) groups is 4. The molecule has 4 aromatic rings. The van der Waals surface area contributed by atoms with E-state index in [1.165, 1.54) is 6.20 Å². The maximum atomic E-state index is 11.8. The van der Waals surface area contributed by atoms with Gasteiger partial charge in [-0.05, 0) is 142 Å². The third-order valence-electron chi connectivity index (χ3n) is 7.70. The Morgan fingerprint density at radius 3 is 1.17 bits per heavy atom. The van der Waals surface area contributed by atoms with E-state index in [0.29, 0.717) is 60.9 Å². The van der Waals surface area contributed by atoms with Crippen molar-refractivity contribution in [3.63, 3.8) is 0 Å². The maximum absolute atomic E-state index is 11.8. The Kier molecular flexibility index (Phi) is 42.3. The fraction of sp³-hybridized carbons (Fsp3) is 0.556. The molecule has 0 aliphatic heterocycles. The second kappa shape index (κ2) is 42.3. The standard InChI is InChI=1S/C13H20N2O5S.C12H18N2O3.C10H18O5.C7H9FN2.C7H10N2O.C2H6.CH3ClO2S.2CH4/c1-13(2,3)20-12(16)15-11-5-7-14-9-10(11)6-8-19-21(4,17)18;1-12(2,3)17-11(16)14-10-4-6-13-8-9(10)5-7-15;1-9(2,3)14-7(11)13-8(12)15-10(4,5)6;8-3-1-6-5-10-4-2-7(6)9;8-7-1-3-9-5-6(7)2-4-10;1-2;1-5(2,3)4;;/h5,7,9H,6,8H2,1-4H3,(H,14,15,16);4,6,8,15H,5,7H2,1-3H3,(H,13,14,16);1-6H3;2,4-5H,1,3H2,(H2,9,10);1,3,5,10H,2,4H2,(H2,8,9);1-2H3;1H3;2*1H4/i;;;8-1;;1D;;;. The number of aromatic nitrogens is 4. The van der Waals surface area contributed by atoms with Crippen LogP contribution in [0, 0.1) is 0 Å². The molecule has 82 heavy (non-hydrogen) atoms. The van der Waals surface area contributed by atoms with E-state index in [0.717, 1.165) is 29.2 Å². The number of aliphatic hydroxyl groups is 2. The molecule has 470 valence electrons. The first kappa shape index (κ1) is 81.9. The van der Waals surface area contributed by atoms with Crippen LogP contribution < -0.4 is 22.1 Å². The lowest BCUT2D eigenvalue weighted by Crippen LogP contribution is -2.29. The van der Waals surface area contributed by atoms with Crippen LogP contribution in [0.2, 0.25) is 0 Å². The first-order valence-electron chi connectivity index (χ1n) is 25.0. The number of aryl methyl sites for hydroxylation is 1. The Labute approximate surface area is 491 Å². The molecule has 0 atom stereocenters. The van der Waals surface area contributed by atoms with Crippen LogP contribution in [0.25, 0.3) is 0 Å². The summed E-state index contributed by atoms with van der Waals surface area (Å²) in [6.07, 6.45) is 13.1. The number of carbonyl (C=O) groups excluding carboxylic acids is 4. The monoisotopic (exact) mass is 1230 g/mol. The number of alkyl halides is 1. The number of ether oxygens (including phenoxy) is 5. The van der Waals surface area contributed by atoms with Crippen molar-refractivity contribution in [2.45, 2.75) is 160 Å². The second-order valence-electron chi connectivity index (χ2n) is 19.8. The molecule has 2 amide bonds. The van der Waals surface area contributed by atoms with E-state index in [-0.39, 0.29) is 41.3 Å². The number of amides is 2. The van der Waals surface area contributed by atoms with Gasteiger partial charge in [-0.25, -0.2) is 27.6 Å². The summed E-state index contributed by atoms with van der Waals surface area (Å²) in [6, 6.07) is 6.69. The molecule has 24 nitrogen and oxygen atoms in total. The Balaban J connectivity index is -0.000000300. The van der Waals surface area contributed by atoms with Gasteiger partial charge in [-0.3, -0.25) is 39.1 Å². The van der Waals surface area contributed by atoms with E-state index in [9.17, 15) is 40.4 Å². The number of hydrogen-bond donors (Lipinski definition) is 6. The lowest BCUT2D eigenvalue weighted by molar-refractivity contribution is -0.0294. The van der Waals surface area contributed by atoms with Gasteiger partial charge in [-0.1, -0.05) is 28.7 Å². The van der Waals surface area contributed by atoms with Crippen molar-refractivity contribution >= 4 is 77.1 Å². The number of nitrogens with one attached hydrogen (secondary N) is 2. The summed E-state index contributed by atoms with van der Waals surface area (Å²) in [5.41, 5.74) is 14.1. The van der Waals surface area contributed by atoms with Crippen LogP contribution in [-0.4, -0.2) is 133 Å². The first-order valence-corrected chi connectivity index (χ1v) is 28.8. The largest absolute Gasteiger partial charge is 0.519 e. The molecule has 0 aliphatic rings. The smallest absolute Gasteiger partial charge is 0.444 e. The molecule has 0 unspecified atom stereocenters. The Bertz CT molecular complexity index is 2610. The van der Waals surface area contributed by atoms with Gasteiger partial charge in [0.25, 0.3) is 10.1 Å². The highest BCUT2D eigenvalue weighted by atomic mass is 35.7. The second-order valence-corrected chi connectivity index (χ2v) is 24.5. The molecule has 0 bridgehead atoms. The van der Waals surface area contributed by atoms with E-state index in [1.807, 2.05) is 0 Å². The number of nitrogens with two attached hydrogens (primary N) is 2. The fourth-order valence-corrected chi connectivity index (χ4v) is 5.26. The molecule has 0 aliphatic carbocycles. The quantitative estimate of drug-likeness (QED) is 0.0252. The maximum Gasteiger partial charge on any atom is 0.519 e. The molecule has 8 N–H and O–H groups in total. The zero-order valence-corrected chi connectivity index (χ0v) is 50.8. The summed E-state index contributed by atoms with van der Waals surface area (Å²) in [7, 11) is -2.18. The summed E-state index contributed by atoms with van der Waals surface area (Å²) in [6.45, 7) is 22.7. The minimum absolute atomic E-state index is 0. The molecular weight excluding hydrogens is 1130 g/mol. The summed E-state index contributed by atoms with van der Waals surface area (Å²) < 4.78 is 87.4. The Morgan fingerprint density at radius 2 is 0.878 bits per heavy atom. The van der Waals surface area contributed by atoms with Gasteiger partial charge in [0.2, 0.25) is 9.05 Å². The first-order chi connectivity index (χ1) is 37.1. The van der Waals surface area contributed by atoms with E-state index in [4.69, 9.17) is 42.0 Å². The third kappa shape index (κ3) is 52.8. The Hall–Kier alpha value is -6.52. The third-order valence-corrected chi connectivity index (χ3v) is 8.30. The Morgan fingerprint density at radius 1 is 0.585 bits per heavy atom. The van der Waals surface area contributed by atoms with Crippen molar-refractivity contribution in [1.82, 2.24) is 19.9 Å². The lowest BCUT2D eigenvalue weighted by atomic mass is 10.2. The van der Waals surface area contributed by atoms with E-state index in [1.54, 1.807) is 158 Å². The highest BCUT2D eigenvalue weighted by Crippen LogP contribution is 2.19. The van der Waals surface area contributed by atoms with Crippen molar-refractivity contribution in [2.75, 3.05) is 61.1 Å². The van der Waals surface area contributed by atoms with Gasteiger partial charge < -0.3 is 45.4 Å². The van der Waals surface area contributed by atoms with Gasteiger partial charge in [0.15, 0.2) is 0 Å². The number of pyridine rings is 4. The predicted octanol–water partition coefficient (Wildman–Crippen LogP) is 10.6. The number of aliphatic hydroxyl groups excluding tert-OH is 2. The molecule has 0 aromatic carbocycles. The van der Waals surface area contributed by atoms with Crippen LogP contribution in [0.1, 0.15) is 135 Å². The van der Waals surface area contributed by atoms with Gasteiger partial charge in [-0.15, -0.1) is 0 Å². The molecule has 4 aromatic heterocycles. The number of rotatable bonds is 12. The van der Waals surface area contributed by atoms with Crippen LogP contribution in [0.5, 0.6) is 0 Å². The molecule has 0 radical (unpaired) electrons.